The summed E-state index contributed by atoms with van der Waals surface area (Å²) < 4.78 is 5.63. The van der Waals surface area contributed by atoms with Gasteiger partial charge in [-0.2, -0.15) is 0 Å². The van der Waals surface area contributed by atoms with E-state index in [9.17, 15) is 9.59 Å². The van der Waals surface area contributed by atoms with Gasteiger partial charge in [0.25, 0.3) is 0 Å². The lowest BCUT2D eigenvalue weighted by atomic mass is 9.99. The Balaban J connectivity index is 1.45. The second-order valence-electron chi connectivity index (χ2n) is 7.13. The zero-order chi connectivity index (χ0) is 18.8. The van der Waals surface area contributed by atoms with Crippen LogP contribution in [0.25, 0.3) is 0 Å². The Kier molecular flexibility index (Phi) is 5.16. The van der Waals surface area contributed by atoms with Gasteiger partial charge < -0.3 is 15.0 Å². The molecule has 2 aromatic rings. The van der Waals surface area contributed by atoms with Crippen LogP contribution in [-0.2, 0) is 22.6 Å². The molecule has 0 fully saturated rings. The lowest BCUT2D eigenvalue weighted by Crippen LogP contribution is -2.50. The zero-order valence-electron chi connectivity index (χ0n) is 15.4. The van der Waals surface area contributed by atoms with Gasteiger partial charge in [-0.3, -0.25) is 9.59 Å². The van der Waals surface area contributed by atoms with Crippen LogP contribution in [0.1, 0.15) is 41.7 Å². The molecular formula is C21H24N2O3S. The highest BCUT2D eigenvalue weighted by Gasteiger charge is 2.34. The van der Waals surface area contributed by atoms with Gasteiger partial charge in [-0.15, -0.1) is 11.3 Å². The molecule has 4 rings (SSSR count). The fraction of sp³-hybridized carbons (Fsp3) is 0.429. The Morgan fingerprint density at radius 1 is 1.33 bits per heavy atom. The molecule has 5 nitrogen and oxygen atoms in total. The molecule has 0 radical (unpaired) electrons. The van der Waals surface area contributed by atoms with E-state index < -0.39 is 6.04 Å². The summed E-state index contributed by atoms with van der Waals surface area (Å²) in [7, 11) is 0. The number of ether oxygens (including phenoxy) is 1. The molecule has 0 saturated carbocycles. The summed E-state index contributed by atoms with van der Waals surface area (Å²) >= 11 is 1.76. The molecule has 2 aliphatic heterocycles. The molecule has 1 aromatic heterocycles. The predicted molar refractivity (Wildman–Crippen MR) is 105 cm³/mol. The monoisotopic (exact) mass is 384 g/mol. The molecule has 0 saturated heterocycles. The van der Waals surface area contributed by atoms with Crippen molar-refractivity contribution in [1.29, 1.82) is 0 Å². The molecule has 27 heavy (non-hydrogen) atoms. The van der Waals surface area contributed by atoms with Crippen LogP contribution in [-0.4, -0.2) is 35.9 Å². The van der Waals surface area contributed by atoms with E-state index in [1.807, 2.05) is 36.1 Å². The topological polar surface area (TPSA) is 58.6 Å². The van der Waals surface area contributed by atoms with Gasteiger partial charge in [-0.1, -0.05) is 31.5 Å². The van der Waals surface area contributed by atoms with E-state index in [1.54, 1.807) is 11.3 Å². The minimum absolute atomic E-state index is 0.0225. The number of benzene rings is 1. The number of hydrogen-bond donors (Lipinski definition) is 1. The lowest BCUT2D eigenvalue weighted by Gasteiger charge is -2.31. The van der Waals surface area contributed by atoms with Crippen LogP contribution < -0.4 is 10.1 Å². The molecule has 2 atom stereocenters. The van der Waals surface area contributed by atoms with Crippen LogP contribution in [0.5, 0.6) is 5.75 Å². The number of nitrogens with one attached hydrogen (secondary N) is 1. The zero-order valence-corrected chi connectivity index (χ0v) is 16.3. The van der Waals surface area contributed by atoms with Gasteiger partial charge in [0.2, 0.25) is 11.8 Å². The highest BCUT2D eigenvalue weighted by molar-refractivity contribution is 7.10. The molecule has 6 heteroatoms. The second kappa shape index (κ2) is 7.72. The summed E-state index contributed by atoms with van der Waals surface area (Å²) in [6.45, 7) is 3.73. The second-order valence-corrected chi connectivity index (χ2v) is 8.13. The summed E-state index contributed by atoms with van der Waals surface area (Å²) in [6.07, 6.45) is 2.38. The molecule has 2 amide bonds. The number of carbonyl (C=O) groups is 2. The van der Waals surface area contributed by atoms with E-state index in [0.717, 1.165) is 30.7 Å². The van der Waals surface area contributed by atoms with Crippen LogP contribution in [0.15, 0.2) is 35.7 Å². The molecule has 0 aliphatic carbocycles. The van der Waals surface area contributed by atoms with Crippen LogP contribution >= 0.6 is 11.3 Å². The smallest absolute Gasteiger partial charge is 0.245 e. The van der Waals surface area contributed by atoms with Gasteiger partial charge in [0.05, 0.1) is 0 Å². The minimum atomic E-state index is -0.476. The van der Waals surface area contributed by atoms with Crippen molar-refractivity contribution in [3.63, 3.8) is 0 Å². The van der Waals surface area contributed by atoms with E-state index in [-0.39, 0.29) is 17.7 Å². The fourth-order valence-electron chi connectivity index (χ4n) is 3.86. The average molecular weight is 385 g/mol. The van der Waals surface area contributed by atoms with Crippen molar-refractivity contribution in [3.8, 4) is 5.75 Å². The first-order valence-electron chi connectivity index (χ1n) is 9.53. The molecule has 1 aromatic carbocycles. The highest BCUT2D eigenvalue weighted by atomic mass is 32.1. The summed E-state index contributed by atoms with van der Waals surface area (Å²) in [5.74, 6) is 0.310. The standard InChI is InChI=1S/C21H24N2O3S/c1-2-5-17(21(25)23-10-8-19-14(12-23)9-11-27-19)22-20(24)16-13-26-18-7-4-3-6-15(16)18/h3-4,6-7,9,11,16-17H,2,5,8,10,12-13H2,1H3,(H,22,24). The molecule has 1 N–H and O–H groups in total. The molecule has 3 heterocycles. The summed E-state index contributed by atoms with van der Waals surface area (Å²) in [4.78, 5) is 29.2. The van der Waals surface area contributed by atoms with Gasteiger partial charge in [0, 0.05) is 23.5 Å². The third-order valence-corrected chi connectivity index (χ3v) is 6.35. The Morgan fingerprint density at radius 3 is 3.04 bits per heavy atom. The Morgan fingerprint density at radius 2 is 2.19 bits per heavy atom. The van der Waals surface area contributed by atoms with Gasteiger partial charge >= 0.3 is 0 Å². The Labute approximate surface area is 163 Å². The lowest BCUT2D eigenvalue weighted by molar-refractivity contribution is -0.137. The van der Waals surface area contributed by atoms with E-state index in [1.165, 1.54) is 10.4 Å². The summed E-state index contributed by atoms with van der Waals surface area (Å²) in [5, 5.41) is 5.09. The van der Waals surface area contributed by atoms with Crippen molar-refractivity contribution in [1.82, 2.24) is 10.2 Å². The minimum Gasteiger partial charge on any atom is -0.492 e. The third kappa shape index (κ3) is 3.58. The molecule has 0 spiro atoms. The van der Waals surface area contributed by atoms with Gasteiger partial charge in [0.1, 0.15) is 24.3 Å². The van der Waals surface area contributed by atoms with E-state index in [2.05, 4.69) is 16.8 Å². The van der Waals surface area contributed by atoms with Crippen LogP contribution in [0.4, 0.5) is 0 Å². The van der Waals surface area contributed by atoms with Crippen molar-refractivity contribution in [2.24, 2.45) is 0 Å². The maximum Gasteiger partial charge on any atom is 0.245 e. The van der Waals surface area contributed by atoms with Gasteiger partial charge in [-0.05, 0) is 35.9 Å². The maximum absolute atomic E-state index is 13.1. The number of fused-ring (bicyclic) bond motifs is 2. The van der Waals surface area contributed by atoms with Crippen LogP contribution in [0.2, 0.25) is 0 Å². The quantitative estimate of drug-likeness (QED) is 0.862. The number of rotatable bonds is 5. The molecule has 2 aliphatic rings. The fourth-order valence-corrected chi connectivity index (χ4v) is 4.74. The molecule has 2 unspecified atom stereocenters. The number of amides is 2. The van der Waals surface area contributed by atoms with E-state index in [0.29, 0.717) is 19.6 Å². The normalized spacial score (nSPS) is 19.0. The number of para-hydroxylation sites is 1. The number of thiophene rings is 1. The maximum atomic E-state index is 13.1. The van der Waals surface area contributed by atoms with E-state index in [4.69, 9.17) is 4.74 Å². The summed E-state index contributed by atoms with van der Waals surface area (Å²) in [6, 6.07) is 9.23. The van der Waals surface area contributed by atoms with Crippen molar-refractivity contribution in [2.75, 3.05) is 13.2 Å². The van der Waals surface area contributed by atoms with Crippen molar-refractivity contribution < 1.29 is 14.3 Å². The van der Waals surface area contributed by atoms with Gasteiger partial charge in [0.15, 0.2) is 0 Å². The SMILES string of the molecule is CCCC(NC(=O)C1COc2ccccc21)C(=O)N1CCc2sccc2C1. The summed E-state index contributed by atoms with van der Waals surface area (Å²) in [5.41, 5.74) is 2.14. The largest absolute Gasteiger partial charge is 0.492 e. The first-order chi connectivity index (χ1) is 13.2. The highest BCUT2D eigenvalue weighted by Crippen LogP contribution is 2.33. The first kappa shape index (κ1) is 18.0. The first-order valence-corrected chi connectivity index (χ1v) is 10.4. The van der Waals surface area contributed by atoms with E-state index >= 15 is 0 Å². The predicted octanol–water partition coefficient (Wildman–Crippen LogP) is 3.09. The number of carbonyl (C=O) groups excluding carboxylic acids is 2. The van der Waals surface area contributed by atoms with Crippen LogP contribution in [0, 0.1) is 0 Å². The molecule has 0 bridgehead atoms. The Hall–Kier alpha value is -2.34. The van der Waals surface area contributed by atoms with Crippen molar-refractivity contribution in [2.45, 2.75) is 44.7 Å². The van der Waals surface area contributed by atoms with Gasteiger partial charge in [-0.25, -0.2) is 0 Å². The van der Waals surface area contributed by atoms with Crippen LogP contribution in [0.3, 0.4) is 0 Å². The third-order valence-electron chi connectivity index (χ3n) is 5.33. The van der Waals surface area contributed by atoms with Crippen molar-refractivity contribution in [3.05, 3.63) is 51.7 Å². The number of hydrogen-bond acceptors (Lipinski definition) is 4. The average Bonchev–Trinajstić information content (AvgIpc) is 3.33. The molecular weight excluding hydrogens is 360 g/mol. The molecule has 142 valence electrons. The Bertz CT molecular complexity index is 847. The number of nitrogens with zero attached hydrogens (tertiary/aromatic N) is 1. The van der Waals surface area contributed by atoms with Crippen molar-refractivity contribution >= 4 is 23.2 Å².